The quantitative estimate of drug-likeness (QED) is 0.414. The number of thiocarbonyl (C=S) groups is 1. The number of hydrogen-bond acceptors (Lipinski definition) is 5. The van der Waals surface area contributed by atoms with Crippen molar-refractivity contribution in [3.05, 3.63) is 70.9 Å². The number of benzene rings is 2. The number of amides is 2. The normalized spacial score (nSPS) is 15.5. The van der Waals surface area contributed by atoms with Crippen LogP contribution in [0, 0.1) is 17.2 Å². The third-order valence-electron chi connectivity index (χ3n) is 5.30. The molecular weight excluding hydrogens is 450 g/mol. The molecule has 0 aliphatic carbocycles. The topological polar surface area (TPSA) is 106 Å². The van der Waals surface area contributed by atoms with Crippen LogP contribution in [0.2, 0.25) is 0 Å². The minimum atomic E-state index is -0.468. The van der Waals surface area contributed by atoms with Gasteiger partial charge < -0.3 is 25.6 Å². The third-order valence-corrected chi connectivity index (χ3v) is 5.69. The van der Waals surface area contributed by atoms with E-state index < -0.39 is 12.1 Å². The van der Waals surface area contributed by atoms with E-state index in [-0.39, 0.29) is 11.9 Å². The van der Waals surface area contributed by atoms with Gasteiger partial charge in [-0.2, -0.15) is 5.26 Å². The summed E-state index contributed by atoms with van der Waals surface area (Å²) in [6.45, 7) is 6.13. The van der Waals surface area contributed by atoms with E-state index in [4.69, 9.17) is 22.2 Å². The van der Waals surface area contributed by atoms with Crippen molar-refractivity contribution < 1.29 is 14.3 Å². The van der Waals surface area contributed by atoms with Crippen LogP contribution in [0.25, 0.3) is 0 Å². The predicted molar refractivity (Wildman–Crippen MR) is 135 cm³/mol. The second-order valence-electron chi connectivity index (χ2n) is 8.32. The number of rotatable bonds is 6. The fraction of sp³-hybridized carbons (Fsp3) is 0.280. The van der Waals surface area contributed by atoms with Crippen LogP contribution >= 0.6 is 12.2 Å². The lowest BCUT2D eigenvalue weighted by Gasteiger charge is -2.35. The van der Waals surface area contributed by atoms with E-state index in [1.807, 2.05) is 39.0 Å². The summed E-state index contributed by atoms with van der Waals surface area (Å²) in [5.74, 6) is -0.165. The molecule has 2 aromatic carbocycles. The second-order valence-corrected chi connectivity index (χ2v) is 8.71. The van der Waals surface area contributed by atoms with E-state index in [9.17, 15) is 9.59 Å². The number of esters is 1. The zero-order valence-corrected chi connectivity index (χ0v) is 20.3. The van der Waals surface area contributed by atoms with E-state index in [1.165, 1.54) is 0 Å². The Morgan fingerprint density at radius 1 is 1.12 bits per heavy atom. The molecular formula is C25H27N5O3S. The highest BCUT2D eigenvalue weighted by atomic mass is 32.1. The molecule has 1 heterocycles. The predicted octanol–water partition coefficient (Wildman–Crippen LogP) is 4.54. The largest absolute Gasteiger partial charge is 0.462 e. The Bertz CT molecular complexity index is 1150. The van der Waals surface area contributed by atoms with Gasteiger partial charge in [0.25, 0.3) is 0 Å². The van der Waals surface area contributed by atoms with Gasteiger partial charge >= 0.3 is 12.0 Å². The lowest BCUT2D eigenvalue weighted by atomic mass is 9.95. The van der Waals surface area contributed by atoms with Gasteiger partial charge in [0.15, 0.2) is 5.11 Å². The fourth-order valence-corrected chi connectivity index (χ4v) is 3.61. The van der Waals surface area contributed by atoms with Gasteiger partial charge in [-0.1, -0.05) is 26.0 Å². The van der Waals surface area contributed by atoms with Crippen molar-refractivity contribution in [3.63, 3.8) is 0 Å². The first-order chi connectivity index (χ1) is 16.2. The number of urea groups is 1. The molecule has 1 atom stereocenters. The molecule has 0 fully saturated rings. The minimum absolute atomic E-state index is 0.222. The molecule has 2 amide bonds. The molecule has 0 spiro atoms. The van der Waals surface area contributed by atoms with Gasteiger partial charge in [-0.3, -0.25) is 0 Å². The van der Waals surface area contributed by atoms with Crippen molar-refractivity contribution in [2.24, 2.45) is 5.92 Å². The molecule has 176 valence electrons. The first kappa shape index (κ1) is 24.7. The lowest BCUT2D eigenvalue weighted by molar-refractivity contribution is -0.140. The van der Waals surface area contributed by atoms with Crippen LogP contribution in [0.5, 0.6) is 0 Å². The molecule has 2 aromatic rings. The average Bonchev–Trinajstić information content (AvgIpc) is 2.81. The second kappa shape index (κ2) is 10.8. The number of carbonyl (C=O) groups is 2. The highest BCUT2D eigenvalue weighted by Gasteiger charge is 2.33. The van der Waals surface area contributed by atoms with E-state index in [0.29, 0.717) is 34.2 Å². The average molecular weight is 478 g/mol. The third kappa shape index (κ3) is 5.91. The van der Waals surface area contributed by atoms with Crippen molar-refractivity contribution in [3.8, 4) is 6.07 Å². The first-order valence-corrected chi connectivity index (χ1v) is 11.2. The maximum atomic E-state index is 12.9. The smallest absolute Gasteiger partial charge is 0.338 e. The SMILES string of the molecule is CC1=C(C(=O)OCC(C)C)C(c2ccc(NC(=O)Nc3ccc(C#N)cc3)cc2)NC(=S)N1C. The Hall–Kier alpha value is -3.90. The summed E-state index contributed by atoms with van der Waals surface area (Å²) >= 11 is 5.43. The van der Waals surface area contributed by atoms with Gasteiger partial charge in [0.2, 0.25) is 0 Å². The Morgan fingerprint density at radius 2 is 1.68 bits per heavy atom. The van der Waals surface area contributed by atoms with E-state index >= 15 is 0 Å². The summed E-state index contributed by atoms with van der Waals surface area (Å²) in [6.07, 6.45) is 0. The van der Waals surface area contributed by atoms with Gasteiger partial charge in [0, 0.05) is 24.1 Å². The lowest BCUT2D eigenvalue weighted by Crippen LogP contribution is -2.46. The summed E-state index contributed by atoms with van der Waals surface area (Å²) in [7, 11) is 1.80. The minimum Gasteiger partial charge on any atom is -0.462 e. The summed E-state index contributed by atoms with van der Waals surface area (Å²) in [5, 5.41) is 18.1. The zero-order valence-electron chi connectivity index (χ0n) is 19.5. The molecule has 3 N–H and O–H groups in total. The molecule has 34 heavy (non-hydrogen) atoms. The maximum Gasteiger partial charge on any atom is 0.338 e. The van der Waals surface area contributed by atoms with Crippen molar-refractivity contribution in [2.45, 2.75) is 26.8 Å². The van der Waals surface area contributed by atoms with Gasteiger partial charge in [0.1, 0.15) is 0 Å². The summed E-state index contributed by atoms with van der Waals surface area (Å²) in [4.78, 5) is 27.0. The molecule has 1 aliphatic heterocycles. The molecule has 9 heteroatoms. The monoisotopic (exact) mass is 477 g/mol. The van der Waals surface area contributed by atoms with Gasteiger partial charge in [-0.05, 0) is 67.0 Å². The van der Waals surface area contributed by atoms with E-state index in [1.54, 1.807) is 48.3 Å². The van der Waals surface area contributed by atoms with Crippen LogP contribution < -0.4 is 16.0 Å². The Labute approximate surface area is 204 Å². The standard InChI is InChI=1S/C25H27N5O3S/c1-15(2)14-33-23(31)21-16(3)30(4)25(34)29-22(21)18-7-11-20(12-8-18)28-24(32)27-19-9-5-17(13-26)6-10-19/h5-12,15,22H,14H2,1-4H3,(H,29,34)(H2,27,28,32). The van der Waals surface area contributed by atoms with Crippen LogP contribution in [0.15, 0.2) is 59.8 Å². The van der Waals surface area contributed by atoms with Gasteiger partial charge in [0.05, 0.1) is 29.9 Å². The fourth-order valence-electron chi connectivity index (χ4n) is 3.35. The number of ether oxygens (including phenoxy) is 1. The molecule has 1 aliphatic rings. The van der Waals surface area contributed by atoms with E-state index in [0.717, 1.165) is 11.3 Å². The number of nitrogens with zero attached hydrogens (tertiary/aromatic N) is 2. The zero-order chi connectivity index (χ0) is 24.8. The number of allylic oxidation sites excluding steroid dienone is 1. The Morgan fingerprint density at radius 3 is 2.21 bits per heavy atom. The molecule has 3 rings (SSSR count). The van der Waals surface area contributed by atoms with Gasteiger partial charge in [-0.15, -0.1) is 0 Å². The number of nitriles is 1. The maximum absolute atomic E-state index is 12.9. The highest BCUT2D eigenvalue weighted by Crippen LogP contribution is 2.31. The molecule has 0 radical (unpaired) electrons. The van der Waals surface area contributed by atoms with Crippen molar-refractivity contribution in [1.82, 2.24) is 10.2 Å². The molecule has 8 nitrogen and oxygen atoms in total. The highest BCUT2D eigenvalue weighted by molar-refractivity contribution is 7.80. The Balaban J connectivity index is 1.74. The first-order valence-electron chi connectivity index (χ1n) is 10.8. The van der Waals surface area contributed by atoms with Gasteiger partial charge in [-0.25, -0.2) is 9.59 Å². The summed E-state index contributed by atoms with van der Waals surface area (Å²) in [5.41, 5.74) is 3.70. The number of nitrogens with one attached hydrogen (secondary N) is 3. The van der Waals surface area contributed by atoms with Crippen LogP contribution in [-0.4, -0.2) is 35.7 Å². The number of hydrogen-bond donors (Lipinski definition) is 3. The molecule has 1 unspecified atom stereocenters. The molecule has 0 saturated heterocycles. The number of anilines is 2. The van der Waals surface area contributed by atoms with Crippen LogP contribution in [0.4, 0.5) is 16.2 Å². The molecule has 0 aromatic heterocycles. The van der Waals surface area contributed by atoms with Crippen molar-refractivity contribution in [1.29, 1.82) is 5.26 Å². The number of carbonyl (C=O) groups excluding carboxylic acids is 2. The molecule has 0 saturated carbocycles. The van der Waals surface area contributed by atoms with Crippen LogP contribution in [0.1, 0.15) is 37.9 Å². The van der Waals surface area contributed by atoms with E-state index in [2.05, 4.69) is 16.0 Å². The molecule has 0 bridgehead atoms. The Kier molecular flexibility index (Phi) is 7.87. The van der Waals surface area contributed by atoms with Crippen LogP contribution in [0.3, 0.4) is 0 Å². The van der Waals surface area contributed by atoms with Crippen LogP contribution in [-0.2, 0) is 9.53 Å². The summed E-state index contributed by atoms with van der Waals surface area (Å²) in [6, 6.07) is 14.9. The summed E-state index contributed by atoms with van der Waals surface area (Å²) < 4.78 is 5.51. The van der Waals surface area contributed by atoms with Crippen molar-refractivity contribution >= 4 is 40.7 Å². The van der Waals surface area contributed by atoms with Crippen molar-refractivity contribution in [2.75, 3.05) is 24.3 Å².